The lowest BCUT2D eigenvalue weighted by atomic mass is 10.1. The standard InChI is InChI=1S/C14H18BrIO2/c15-12-6-4-11(5-7-12)14(9-16)18-10-13-3-1-2-8-17-13/h4-7,13-14H,1-3,8-10H2. The van der Waals surface area contributed by atoms with Crippen molar-refractivity contribution in [1.29, 1.82) is 0 Å². The molecule has 0 amide bonds. The number of benzene rings is 1. The fourth-order valence-electron chi connectivity index (χ4n) is 2.07. The van der Waals surface area contributed by atoms with Crippen molar-refractivity contribution in [3.05, 3.63) is 34.3 Å². The van der Waals surface area contributed by atoms with Crippen LogP contribution in [-0.2, 0) is 9.47 Å². The van der Waals surface area contributed by atoms with Gasteiger partial charge in [-0.15, -0.1) is 0 Å². The van der Waals surface area contributed by atoms with Gasteiger partial charge in [-0.25, -0.2) is 0 Å². The van der Waals surface area contributed by atoms with E-state index in [1.54, 1.807) is 0 Å². The minimum absolute atomic E-state index is 0.171. The van der Waals surface area contributed by atoms with Crippen LogP contribution in [0.25, 0.3) is 0 Å². The Bertz CT molecular complexity index is 349. The molecule has 2 unspecified atom stereocenters. The maximum atomic E-state index is 6.01. The second-order valence-corrected chi connectivity index (χ2v) is 6.31. The first kappa shape index (κ1) is 14.8. The third kappa shape index (κ3) is 4.47. The molecule has 1 fully saturated rings. The highest BCUT2D eigenvalue weighted by Gasteiger charge is 2.17. The van der Waals surface area contributed by atoms with E-state index in [1.165, 1.54) is 18.4 Å². The van der Waals surface area contributed by atoms with Crippen molar-refractivity contribution < 1.29 is 9.47 Å². The molecular weight excluding hydrogens is 407 g/mol. The van der Waals surface area contributed by atoms with Crippen LogP contribution in [0.15, 0.2) is 28.7 Å². The van der Waals surface area contributed by atoms with Gasteiger partial charge in [0.1, 0.15) is 0 Å². The van der Waals surface area contributed by atoms with E-state index in [-0.39, 0.29) is 6.10 Å². The fourth-order valence-corrected chi connectivity index (χ4v) is 3.10. The smallest absolute Gasteiger partial charge is 0.0915 e. The molecular formula is C14H18BrIO2. The molecule has 4 heteroatoms. The molecule has 0 radical (unpaired) electrons. The normalized spacial score (nSPS) is 21.8. The molecule has 0 N–H and O–H groups in total. The molecule has 2 rings (SSSR count). The third-order valence-electron chi connectivity index (χ3n) is 3.14. The van der Waals surface area contributed by atoms with Crippen molar-refractivity contribution in [1.82, 2.24) is 0 Å². The van der Waals surface area contributed by atoms with Crippen LogP contribution in [0.1, 0.15) is 30.9 Å². The van der Waals surface area contributed by atoms with Crippen LogP contribution < -0.4 is 0 Å². The van der Waals surface area contributed by atoms with E-state index in [1.807, 2.05) is 0 Å². The molecule has 100 valence electrons. The van der Waals surface area contributed by atoms with Gasteiger partial charge in [-0.1, -0.05) is 50.7 Å². The molecule has 0 saturated carbocycles. The number of halogens is 2. The largest absolute Gasteiger partial charge is 0.376 e. The summed E-state index contributed by atoms with van der Waals surface area (Å²) in [5.74, 6) is 0. The number of hydrogen-bond donors (Lipinski definition) is 0. The van der Waals surface area contributed by atoms with Crippen molar-refractivity contribution in [3.63, 3.8) is 0 Å². The van der Waals surface area contributed by atoms with Gasteiger partial charge in [0.2, 0.25) is 0 Å². The van der Waals surface area contributed by atoms with E-state index in [2.05, 4.69) is 62.8 Å². The van der Waals surface area contributed by atoms with Crippen LogP contribution in [0.4, 0.5) is 0 Å². The summed E-state index contributed by atoms with van der Waals surface area (Å²) in [5.41, 5.74) is 1.24. The van der Waals surface area contributed by atoms with E-state index in [9.17, 15) is 0 Å². The molecule has 18 heavy (non-hydrogen) atoms. The van der Waals surface area contributed by atoms with Gasteiger partial charge in [0.15, 0.2) is 0 Å². The average molecular weight is 425 g/mol. The number of rotatable bonds is 5. The van der Waals surface area contributed by atoms with Crippen molar-refractivity contribution >= 4 is 38.5 Å². The van der Waals surface area contributed by atoms with E-state index in [0.717, 1.165) is 21.9 Å². The molecule has 0 aromatic heterocycles. The molecule has 1 aromatic carbocycles. The first-order valence-electron chi connectivity index (χ1n) is 6.34. The van der Waals surface area contributed by atoms with E-state index in [4.69, 9.17) is 9.47 Å². The second kappa shape index (κ2) is 7.82. The lowest BCUT2D eigenvalue weighted by molar-refractivity contribution is -0.0582. The summed E-state index contributed by atoms with van der Waals surface area (Å²) in [6.07, 6.45) is 4.05. The Morgan fingerprint density at radius 2 is 2.11 bits per heavy atom. The van der Waals surface area contributed by atoms with Crippen LogP contribution in [0, 0.1) is 0 Å². The van der Waals surface area contributed by atoms with Crippen LogP contribution in [0.5, 0.6) is 0 Å². The Morgan fingerprint density at radius 3 is 2.72 bits per heavy atom. The average Bonchev–Trinajstić information content (AvgIpc) is 2.42. The molecule has 1 heterocycles. The Hall–Kier alpha value is 0.350. The van der Waals surface area contributed by atoms with E-state index in [0.29, 0.717) is 12.7 Å². The Morgan fingerprint density at radius 1 is 1.33 bits per heavy atom. The summed E-state index contributed by atoms with van der Waals surface area (Å²) in [6, 6.07) is 8.37. The van der Waals surface area contributed by atoms with Gasteiger partial charge < -0.3 is 9.47 Å². The molecule has 1 aromatic rings. The van der Waals surface area contributed by atoms with Gasteiger partial charge in [0.25, 0.3) is 0 Å². The summed E-state index contributed by atoms with van der Waals surface area (Å²) < 4.78 is 13.8. The molecule has 1 aliphatic rings. The van der Waals surface area contributed by atoms with Gasteiger partial charge in [-0.05, 0) is 37.0 Å². The number of ether oxygens (including phenoxy) is 2. The van der Waals surface area contributed by atoms with E-state index < -0.39 is 0 Å². The maximum absolute atomic E-state index is 6.01. The lowest BCUT2D eigenvalue weighted by Gasteiger charge is -2.25. The zero-order chi connectivity index (χ0) is 12.8. The summed E-state index contributed by atoms with van der Waals surface area (Å²) in [7, 11) is 0. The molecule has 0 aliphatic carbocycles. The highest BCUT2D eigenvalue weighted by atomic mass is 127. The van der Waals surface area contributed by atoms with Crippen LogP contribution >= 0.6 is 38.5 Å². The van der Waals surface area contributed by atoms with Crippen molar-refractivity contribution in [2.75, 3.05) is 17.6 Å². The zero-order valence-corrected chi connectivity index (χ0v) is 14.0. The number of alkyl halides is 1. The SMILES string of the molecule is Brc1ccc(C(CI)OCC2CCCCO2)cc1. The molecule has 2 atom stereocenters. The minimum Gasteiger partial charge on any atom is -0.376 e. The molecule has 0 bridgehead atoms. The Kier molecular flexibility index (Phi) is 6.41. The summed E-state index contributed by atoms with van der Waals surface area (Å²) in [5, 5.41) is 0. The predicted molar refractivity (Wildman–Crippen MR) is 85.3 cm³/mol. The monoisotopic (exact) mass is 424 g/mol. The first-order valence-corrected chi connectivity index (χ1v) is 8.66. The molecule has 2 nitrogen and oxygen atoms in total. The summed E-state index contributed by atoms with van der Waals surface area (Å²) in [4.78, 5) is 0. The van der Waals surface area contributed by atoms with Crippen LogP contribution in [0.2, 0.25) is 0 Å². The second-order valence-electron chi connectivity index (χ2n) is 4.52. The number of hydrogen-bond acceptors (Lipinski definition) is 2. The van der Waals surface area contributed by atoms with Crippen molar-refractivity contribution in [3.8, 4) is 0 Å². The fraction of sp³-hybridized carbons (Fsp3) is 0.571. The third-order valence-corrected chi connectivity index (χ3v) is 4.47. The highest BCUT2D eigenvalue weighted by Crippen LogP contribution is 2.23. The first-order chi connectivity index (χ1) is 8.79. The summed E-state index contributed by atoms with van der Waals surface area (Å²) >= 11 is 5.83. The van der Waals surface area contributed by atoms with Crippen LogP contribution in [-0.4, -0.2) is 23.7 Å². The van der Waals surface area contributed by atoms with Crippen molar-refractivity contribution in [2.24, 2.45) is 0 Å². The van der Waals surface area contributed by atoms with Gasteiger partial charge in [0.05, 0.1) is 18.8 Å². The quantitative estimate of drug-likeness (QED) is 0.511. The van der Waals surface area contributed by atoms with Gasteiger partial charge in [-0.3, -0.25) is 0 Å². The Labute approximate surface area is 131 Å². The van der Waals surface area contributed by atoms with Gasteiger partial charge in [0, 0.05) is 15.5 Å². The topological polar surface area (TPSA) is 18.5 Å². The van der Waals surface area contributed by atoms with E-state index >= 15 is 0 Å². The predicted octanol–water partition coefficient (Wildman–Crippen LogP) is 4.51. The molecule has 1 aliphatic heterocycles. The summed E-state index contributed by atoms with van der Waals surface area (Å²) in [6.45, 7) is 1.60. The zero-order valence-electron chi connectivity index (χ0n) is 10.3. The minimum atomic E-state index is 0.171. The lowest BCUT2D eigenvalue weighted by Crippen LogP contribution is -2.25. The maximum Gasteiger partial charge on any atom is 0.0915 e. The molecule has 0 spiro atoms. The van der Waals surface area contributed by atoms with Crippen LogP contribution in [0.3, 0.4) is 0 Å². The van der Waals surface area contributed by atoms with Gasteiger partial charge >= 0.3 is 0 Å². The van der Waals surface area contributed by atoms with Crippen molar-refractivity contribution in [2.45, 2.75) is 31.5 Å². The Balaban J connectivity index is 1.86. The highest BCUT2D eigenvalue weighted by molar-refractivity contribution is 14.1. The molecule has 1 saturated heterocycles. The van der Waals surface area contributed by atoms with Gasteiger partial charge in [-0.2, -0.15) is 0 Å².